The topological polar surface area (TPSA) is 35.1 Å². The molecule has 5 heteroatoms. The van der Waals surface area contributed by atoms with Crippen molar-refractivity contribution in [3.8, 4) is 17.2 Å². The zero-order valence-corrected chi connectivity index (χ0v) is 29.0. The van der Waals surface area contributed by atoms with Gasteiger partial charge in [-0.3, -0.25) is 4.57 Å². The second-order valence-corrected chi connectivity index (χ2v) is 15.2. The summed E-state index contributed by atoms with van der Waals surface area (Å²) in [5, 5.41) is 13.4. The average Bonchev–Trinajstić information content (AvgIpc) is 3.85. The quantitative estimate of drug-likeness (QED) is 0.169. The lowest BCUT2D eigenvalue weighted by Crippen LogP contribution is -2.04. The standard InChI is InChI=1S/C48H26N4S/c1-2-11-29-27(10-1)22-25-36-45(28-23-24-32-31-13-4-6-21-41(31)53-42(32)26-28)49-48(50-46(29)36)52-38-18-8-14-33-35-16-7-15-34-30-12-3-5-17-37(30)51(47(34)35)39-19-9-20-40(52)44(39)43(33)38/h1-26H. The Bertz CT molecular complexity index is 3700. The molecular formula is C48H26N4S. The number of hydrogen-bond acceptors (Lipinski definition) is 3. The van der Waals surface area contributed by atoms with Crippen molar-refractivity contribution in [2.24, 2.45) is 0 Å². The SMILES string of the molecule is c1ccc2c(c1)ccc1c(-c3ccc4c(c3)sc3ccccc34)nc(-n3c4cccc5c6cccc7c8ccccc8n(c8cccc3c8c54)c67)nc12. The molecular weight excluding hydrogens is 665 g/mol. The molecule has 0 N–H and O–H groups in total. The first-order valence-electron chi connectivity index (χ1n) is 18.0. The number of aromatic nitrogens is 4. The molecule has 53 heavy (non-hydrogen) atoms. The molecule has 0 radical (unpaired) electrons. The smallest absolute Gasteiger partial charge is 0.235 e. The van der Waals surface area contributed by atoms with Gasteiger partial charge in [0.2, 0.25) is 5.95 Å². The van der Waals surface area contributed by atoms with E-state index in [0.29, 0.717) is 5.95 Å². The van der Waals surface area contributed by atoms with Crippen LogP contribution in [0.3, 0.4) is 0 Å². The van der Waals surface area contributed by atoms with Crippen molar-refractivity contribution in [1.29, 1.82) is 0 Å². The average molecular weight is 691 g/mol. The van der Waals surface area contributed by atoms with Crippen LogP contribution in [0.5, 0.6) is 0 Å². The van der Waals surface area contributed by atoms with Gasteiger partial charge in [0.25, 0.3) is 0 Å². The molecule has 0 aliphatic heterocycles. The van der Waals surface area contributed by atoms with Gasteiger partial charge in [0, 0.05) is 63.4 Å². The highest BCUT2D eigenvalue weighted by Gasteiger charge is 2.24. The monoisotopic (exact) mass is 690 g/mol. The van der Waals surface area contributed by atoms with Gasteiger partial charge >= 0.3 is 0 Å². The Balaban J connectivity index is 1.20. The van der Waals surface area contributed by atoms with Crippen molar-refractivity contribution in [2.75, 3.05) is 0 Å². The summed E-state index contributed by atoms with van der Waals surface area (Å²) < 4.78 is 7.34. The molecule has 5 aromatic heterocycles. The van der Waals surface area contributed by atoms with Gasteiger partial charge in [0.15, 0.2) is 0 Å². The first-order valence-corrected chi connectivity index (χ1v) is 18.8. The number of benzene rings is 8. The van der Waals surface area contributed by atoms with Crippen LogP contribution in [0.25, 0.3) is 119 Å². The lowest BCUT2D eigenvalue weighted by Gasteiger charge is -2.13. The molecule has 0 aliphatic rings. The molecule has 0 spiro atoms. The molecule has 0 fully saturated rings. The molecule has 8 aromatic carbocycles. The van der Waals surface area contributed by atoms with E-state index >= 15 is 0 Å². The highest BCUT2D eigenvalue weighted by Crippen LogP contribution is 2.45. The van der Waals surface area contributed by atoms with Crippen LogP contribution < -0.4 is 0 Å². The van der Waals surface area contributed by atoms with Crippen LogP contribution in [-0.2, 0) is 0 Å². The summed E-state index contributed by atoms with van der Waals surface area (Å²) in [6.45, 7) is 0. The summed E-state index contributed by atoms with van der Waals surface area (Å²) in [6, 6.07) is 57.4. The molecule has 0 unspecified atom stereocenters. The van der Waals surface area contributed by atoms with E-state index in [1.165, 1.54) is 69.0 Å². The number of hydrogen-bond donors (Lipinski definition) is 0. The van der Waals surface area contributed by atoms with Gasteiger partial charge < -0.3 is 4.40 Å². The van der Waals surface area contributed by atoms with Crippen molar-refractivity contribution in [3.63, 3.8) is 0 Å². The molecule has 4 nitrogen and oxygen atoms in total. The molecule has 244 valence electrons. The molecule has 5 heterocycles. The molecule has 0 amide bonds. The Morgan fingerprint density at radius 1 is 0.415 bits per heavy atom. The van der Waals surface area contributed by atoms with Crippen LogP contribution in [0, 0.1) is 0 Å². The maximum absolute atomic E-state index is 5.56. The van der Waals surface area contributed by atoms with Crippen LogP contribution in [0.2, 0.25) is 0 Å². The summed E-state index contributed by atoms with van der Waals surface area (Å²) in [6.07, 6.45) is 0. The third-order valence-electron chi connectivity index (χ3n) is 11.5. The number of para-hydroxylation sites is 2. The Labute approximate surface area is 305 Å². The highest BCUT2D eigenvalue weighted by atomic mass is 32.1. The Hall–Kier alpha value is -6.82. The Morgan fingerprint density at radius 3 is 1.98 bits per heavy atom. The molecule has 0 bridgehead atoms. The molecule has 0 saturated carbocycles. The van der Waals surface area contributed by atoms with Crippen LogP contribution in [0.4, 0.5) is 0 Å². The largest absolute Gasteiger partial charge is 0.308 e. The first kappa shape index (κ1) is 27.8. The highest BCUT2D eigenvalue weighted by molar-refractivity contribution is 7.25. The minimum atomic E-state index is 0.672. The maximum Gasteiger partial charge on any atom is 0.235 e. The van der Waals surface area contributed by atoms with Gasteiger partial charge in [0.1, 0.15) is 0 Å². The number of rotatable bonds is 2. The van der Waals surface area contributed by atoms with E-state index in [0.717, 1.165) is 44.0 Å². The minimum Gasteiger partial charge on any atom is -0.308 e. The van der Waals surface area contributed by atoms with Crippen molar-refractivity contribution < 1.29 is 0 Å². The fourth-order valence-corrected chi connectivity index (χ4v) is 10.4. The van der Waals surface area contributed by atoms with E-state index < -0.39 is 0 Å². The lowest BCUT2D eigenvalue weighted by atomic mass is 10.0. The van der Waals surface area contributed by atoms with Crippen LogP contribution in [-0.4, -0.2) is 18.9 Å². The van der Waals surface area contributed by atoms with Gasteiger partial charge in [-0.05, 0) is 53.2 Å². The van der Waals surface area contributed by atoms with E-state index in [4.69, 9.17) is 9.97 Å². The first-order chi connectivity index (χ1) is 26.3. The number of nitrogens with zero attached hydrogens (tertiary/aromatic N) is 4. The molecule has 0 aliphatic carbocycles. The predicted octanol–water partition coefficient (Wildman–Crippen LogP) is 13.1. The summed E-state index contributed by atoms with van der Waals surface area (Å²) in [4.78, 5) is 11.1. The zero-order valence-electron chi connectivity index (χ0n) is 28.2. The Kier molecular flexibility index (Phi) is 5.22. The third-order valence-corrected chi connectivity index (χ3v) is 12.6. The van der Waals surface area contributed by atoms with Gasteiger partial charge in [-0.1, -0.05) is 115 Å². The van der Waals surface area contributed by atoms with Crippen molar-refractivity contribution >= 4 is 113 Å². The number of thiophene rings is 1. The van der Waals surface area contributed by atoms with Crippen molar-refractivity contribution in [2.45, 2.75) is 0 Å². The molecule has 0 saturated heterocycles. The Morgan fingerprint density at radius 2 is 1.06 bits per heavy atom. The molecule has 13 rings (SSSR count). The molecule has 0 atom stereocenters. The normalized spacial score (nSPS) is 12.5. The summed E-state index contributed by atoms with van der Waals surface area (Å²) in [7, 11) is 0. The second kappa shape index (κ2) is 9.94. The van der Waals surface area contributed by atoms with Gasteiger partial charge in [-0.25, -0.2) is 9.97 Å². The fourth-order valence-electron chi connectivity index (χ4n) is 9.25. The zero-order chi connectivity index (χ0) is 34.4. The number of fused-ring (bicyclic) bond motifs is 11. The predicted molar refractivity (Wildman–Crippen MR) is 224 cm³/mol. The van der Waals surface area contributed by atoms with Crippen molar-refractivity contribution in [3.05, 3.63) is 158 Å². The van der Waals surface area contributed by atoms with Crippen molar-refractivity contribution in [1.82, 2.24) is 18.9 Å². The van der Waals surface area contributed by atoms with E-state index in [2.05, 4.69) is 167 Å². The van der Waals surface area contributed by atoms with Crippen LogP contribution in [0.15, 0.2) is 158 Å². The third kappa shape index (κ3) is 3.54. The second-order valence-electron chi connectivity index (χ2n) is 14.1. The van der Waals surface area contributed by atoms with Crippen LogP contribution >= 0.6 is 11.3 Å². The van der Waals surface area contributed by atoms with Gasteiger partial charge in [-0.2, -0.15) is 0 Å². The van der Waals surface area contributed by atoms with E-state index in [-0.39, 0.29) is 0 Å². The van der Waals surface area contributed by atoms with Gasteiger partial charge in [0.05, 0.1) is 38.8 Å². The lowest BCUT2D eigenvalue weighted by molar-refractivity contribution is 1.02. The van der Waals surface area contributed by atoms with E-state index in [1.54, 1.807) is 0 Å². The minimum absolute atomic E-state index is 0.672. The van der Waals surface area contributed by atoms with Crippen LogP contribution in [0.1, 0.15) is 0 Å². The maximum atomic E-state index is 5.56. The summed E-state index contributed by atoms with van der Waals surface area (Å²) in [5.41, 5.74) is 8.82. The van der Waals surface area contributed by atoms with E-state index in [9.17, 15) is 0 Å². The summed E-state index contributed by atoms with van der Waals surface area (Å²) in [5.74, 6) is 0.672. The summed E-state index contributed by atoms with van der Waals surface area (Å²) >= 11 is 1.84. The molecule has 13 aromatic rings. The van der Waals surface area contributed by atoms with E-state index in [1.807, 2.05) is 11.3 Å². The fraction of sp³-hybridized carbons (Fsp3) is 0. The van der Waals surface area contributed by atoms with Gasteiger partial charge in [-0.15, -0.1) is 11.3 Å².